The maximum absolute atomic E-state index is 13.5. The molecule has 0 bridgehead atoms. The van der Waals surface area contributed by atoms with E-state index < -0.39 is 32.4 Å². The van der Waals surface area contributed by atoms with Gasteiger partial charge in [-0.2, -0.15) is 0 Å². The first-order valence-electron chi connectivity index (χ1n) is 6.29. The second-order valence-corrected chi connectivity index (χ2v) is 7.98. The first-order chi connectivity index (χ1) is 9.59. The van der Waals surface area contributed by atoms with Crippen molar-refractivity contribution >= 4 is 26.0 Å². The summed E-state index contributed by atoms with van der Waals surface area (Å²) in [4.78, 5) is -1.15. The van der Waals surface area contributed by atoms with Crippen molar-refractivity contribution in [1.82, 2.24) is 4.72 Å². The van der Waals surface area contributed by atoms with Crippen molar-refractivity contribution in [2.75, 3.05) is 11.9 Å². The van der Waals surface area contributed by atoms with E-state index in [1.165, 1.54) is 0 Å². The normalized spacial score (nSPS) is 12.7. The summed E-state index contributed by atoms with van der Waals surface area (Å²) in [6, 6.07) is 0.682. The fraction of sp³-hybridized carbons (Fsp3) is 0.538. The molecule has 21 heavy (non-hydrogen) atoms. The predicted molar refractivity (Wildman–Crippen MR) is 78.3 cm³/mol. The van der Waals surface area contributed by atoms with Gasteiger partial charge in [-0.25, -0.2) is 26.3 Å². The van der Waals surface area contributed by atoms with Crippen LogP contribution in [-0.2, 0) is 10.0 Å². The highest BCUT2D eigenvalue weighted by molar-refractivity contribution is 9.09. The Kier molecular flexibility index (Phi) is 6.24. The molecule has 1 aromatic rings. The molecule has 0 unspecified atom stereocenters. The fourth-order valence-corrected chi connectivity index (χ4v) is 3.42. The van der Waals surface area contributed by atoms with Crippen molar-refractivity contribution in [3.63, 3.8) is 0 Å². The van der Waals surface area contributed by atoms with E-state index in [9.17, 15) is 21.6 Å². The second kappa shape index (κ2) is 7.11. The molecule has 0 radical (unpaired) electrons. The van der Waals surface area contributed by atoms with E-state index in [1.807, 2.05) is 13.8 Å². The van der Waals surface area contributed by atoms with Crippen LogP contribution in [0.2, 0.25) is 0 Å². The fourth-order valence-electron chi connectivity index (χ4n) is 1.78. The van der Waals surface area contributed by atoms with E-state index in [4.69, 9.17) is 0 Å². The third kappa shape index (κ3) is 5.27. The number of hydrogen-bond acceptors (Lipinski definition) is 2. The lowest BCUT2D eigenvalue weighted by atomic mass is 9.88. The van der Waals surface area contributed by atoms with Crippen molar-refractivity contribution in [3.05, 3.63) is 29.6 Å². The molecule has 3 nitrogen and oxygen atoms in total. The van der Waals surface area contributed by atoms with E-state index in [2.05, 4.69) is 20.7 Å². The molecule has 0 saturated heterocycles. The molecule has 0 spiro atoms. The Bertz CT molecular complexity index is 582. The van der Waals surface area contributed by atoms with Crippen molar-refractivity contribution in [3.8, 4) is 0 Å². The predicted octanol–water partition coefficient (Wildman–Crippen LogP) is 3.58. The standard InChI is InChI=1S/C13H17BrF3NO2S/c1-13(2,4-3-5-14)8-18-21(19,20)12-10(16)6-9(15)7-11(12)17/h6-7,18H,3-5,8H2,1-2H3. The van der Waals surface area contributed by atoms with Crippen LogP contribution in [0.15, 0.2) is 17.0 Å². The van der Waals surface area contributed by atoms with Gasteiger partial charge >= 0.3 is 0 Å². The molecule has 1 aromatic carbocycles. The van der Waals surface area contributed by atoms with Crippen LogP contribution in [0, 0.1) is 22.9 Å². The highest BCUT2D eigenvalue weighted by Crippen LogP contribution is 2.24. The summed E-state index contributed by atoms with van der Waals surface area (Å²) in [5.41, 5.74) is -0.367. The van der Waals surface area contributed by atoms with Gasteiger partial charge in [-0.3, -0.25) is 0 Å². The highest BCUT2D eigenvalue weighted by Gasteiger charge is 2.27. The van der Waals surface area contributed by atoms with Crippen LogP contribution in [0.5, 0.6) is 0 Å². The summed E-state index contributed by atoms with van der Waals surface area (Å²) in [5, 5.41) is 0.782. The average molecular weight is 388 g/mol. The molecule has 0 fully saturated rings. The van der Waals surface area contributed by atoms with Crippen LogP contribution in [0.3, 0.4) is 0 Å². The molecule has 8 heteroatoms. The van der Waals surface area contributed by atoms with Gasteiger partial charge in [0.1, 0.15) is 17.5 Å². The maximum Gasteiger partial charge on any atom is 0.246 e. The number of halogens is 4. The summed E-state index contributed by atoms with van der Waals surface area (Å²) in [7, 11) is -4.37. The van der Waals surface area contributed by atoms with Gasteiger partial charge in [-0.1, -0.05) is 29.8 Å². The summed E-state index contributed by atoms with van der Waals surface area (Å²) < 4.78 is 66.0. The molecule has 0 aromatic heterocycles. The molecular weight excluding hydrogens is 371 g/mol. The SMILES string of the molecule is CC(C)(CCCBr)CNS(=O)(=O)c1c(F)cc(F)cc1F. The average Bonchev–Trinajstić information content (AvgIpc) is 2.33. The Balaban J connectivity index is 2.93. The van der Waals surface area contributed by atoms with E-state index in [-0.39, 0.29) is 12.0 Å². The summed E-state index contributed by atoms with van der Waals surface area (Å²) in [6.07, 6.45) is 1.57. The Hall–Kier alpha value is -0.600. The quantitative estimate of drug-likeness (QED) is 0.726. The molecule has 0 aliphatic heterocycles. The number of rotatable bonds is 7. The maximum atomic E-state index is 13.5. The van der Waals surface area contributed by atoms with Gasteiger partial charge in [-0.05, 0) is 18.3 Å². The number of hydrogen-bond donors (Lipinski definition) is 1. The minimum absolute atomic E-state index is 0.0264. The molecule has 0 aliphatic rings. The van der Waals surface area contributed by atoms with Crippen LogP contribution >= 0.6 is 15.9 Å². The zero-order valence-corrected chi connectivity index (χ0v) is 14.1. The van der Waals surface area contributed by atoms with Crippen molar-refractivity contribution in [1.29, 1.82) is 0 Å². The zero-order valence-electron chi connectivity index (χ0n) is 11.7. The van der Waals surface area contributed by atoms with Gasteiger partial charge in [0, 0.05) is 24.0 Å². The molecular formula is C13H17BrF3NO2S. The molecule has 0 saturated carbocycles. The zero-order chi connectivity index (χ0) is 16.3. The first kappa shape index (κ1) is 18.4. The number of sulfonamides is 1. The minimum Gasteiger partial charge on any atom is -0.210 e. The van der Waals surface area contributed by atoms with E-state index in [0.29, 0.717) is 12.1 Å². The Labute approximate surface area is 131 Å². The van der Waals surface area contributed by atoms with Crippen molar-refractivity contribution in [2.24, 2.45) is 5.41 Å². The van der Waals surface area contributed by atoms with Crippen molar-refractivity contribution in [2.45, 2.75) is 31.6 Å². The Morgan fingerprint density at radius 2 is 1.71 bits per heavy atom. The summed E-state index contributed by atoms with van der Waals surface area (Å²) in [5.74, 6) is -4.06. The van der Waals surface area contributed by atoms with E-state index in [0.717, 1.165) is 18.2 Å². The second-order valence-electron chi connectivity index (χ2n) is 5.48. The molecule has 0 aliphatic carbocycles. The molecule has 120 valence electrons. The monoisotopic (exact) mass is 387 g/mol. The van der Waals surface area contributed by atoms with Gasteiger partial charge in [0.2, 0.25) is 10.0 Å². The molecule has 1 N–H and O–H groups in total. The van der Waals surface area contributed by atoms with Gasteiger partial charge in [-0.15, -0.1) is 0 Å². The molecule has 0 amide bonds. The highest BCUT2D eigenvalue weighted by atomic mass is 79.9. The van der Waals surface area contributed by atoms with Crippen LogP contribution in [0.1, 0.15) is 26.7 Å². The third-order valence-corrected chi connectivity index (χ3v) is 4.97. The third-order valence-electron chi connectivity index (χ3n) is 2.96. The number of benzene rings is 1. The molecule has 0 heterocycles. The summed E-state index contributed by atoms with van der Waals surface area (Å²) in [6.45, 7) is 3.71. The number of nitrogens with one attached hydrogen (secondary N) is 1. The van der Waals surface area contributed by atoms with Crippen LogP contribution in [0.4, 0.5) is 13.2 Å². The Morgan fingerprint density at radius 1 is 1.19 bits per heavy atom. The minimum atomic E-state index is -4.37. The van der Waals surface area contributed by atoms with E-state index >= 15 is 0 Å². The van der Waals surface area contributed by atoms with Gasteiger partial charge in [0.25, 0.3) is 0 Å². The van der Waals surface area contributed by atoms with Crippen molar-refractivity contribution < 1.29 is 21.6 Å². The van der Waals surface area contributed by atoms with Gasteiger partial charge in [0.15, 0.2) is 4.90 Å². The van der Waals surface area contributed by atoms with Crippen LogP contribution < -0.4 is 4.72 Å². The van der Waals surface area contributed by atoms with Gasteiger partial charge < -0.3 is 0 Å². The lowest BCUT2D eigenvalue weighted by Gasteiger charge is -2.24. The Morgan fingerprint density at radius 3 is 2.19 bits per heavy atom. The molecule has 0 atom stereocenters. The topological polar surface area (TPSA) is 46.2 Å². The van der Waals surface area contributed by atoms with E-state index in [1.54, 1.807) is 0 Å². The summed E-state index contributed by atoms with van der Waals surface area (Å²) >= 11 is 3.28. The first-order valence-corrected chi connectivity index (χ1v) is 8.90. The van der Waals surface area contributed by atoms with Crippen LogP contribution in [-0.4, -0.2) is 20.3 Å². The lowest BCUT2D eigenvalue weighted by Crippen LogP contribution is -2.35. The number of alkyl halides is 1. The lowest BCUT2D eigenvalue weighted by molar-refractivity contribution is 0.331. The smallest absolute Gasteiger partial charge is 0.210 e. The molecule has 1 rings (SSSR count). The van der Waals surface area contributed by atoms with Crippen LogP contribution in [0.25, 0.3) is 0 Å². The van der Waals surface area contributed by atoms with Gasteiger partial charge in [0.05, 0.1) is 0 Å². The largest absolute Gasteiger partial charge is 0.246 e.